The summed E-state index contributed by atoms with van der Waals surface area (Å²) in [6.45, 7) is 15.6. The number of likely N-dealkylation sites (N-methyl/N-ethyl adjacent to an activating group) is 1. The van der Waals surface area contributed by atoms with Crippen LogP contribution in [-0.2, 0) is 14.3 Å². The van der Waals surface area contributed by atoms with Gasteiger partial charge in [-0.25, -0.2) is 0 Å². The Balaban J connectivity index is 0.000000508. The number of ether oxygens (including phenoxy) is 1. The second-order valence-electron chi connectivity index (χ2n) is 9.15. The standard InChI is InChI=1S/C11H22N2O2.C7H16N2O2/c1-10(2,3)12-9(14)8-7-15-11(4,5)13(8)6;1-7(2,3)9-6(11)5(8)4-10/h8H,7H2,1-6H3,(H,12,14);5,10H,4,8H2,1-3H3,(H,9,11)/t8-;5-/m00/s1. The first-order valence-electron chi connectivity index (χ1n) is 8.87. The highest BCUT2D eigenvalue weighted by Gasteiger charge is 2.42. The van der Waals surface area contributed by atoms with Gasteiger partial charge in [0.15, 0.2) is 0 Å². The fourth-order valence-corrected chi connectivity index (χ4v) is 2.12. The lowest BCUT2D eigenvalue weighted by atomic mass is 10.1. The summed E-state index contributed by atoms with van der Waals surface area (Å²) in [5, 5.41) is 14.1. The number of carbonyl (C=O) groups is 2. The van der Waals surface area contributed by atoms with E-state index in [4.69, 9.17) is 15.6 Å². The van der Waals surface area contributed by atoms with E-state index in [1.54, 1.807) is 0 Å². The molecular weight excluding hydrogens is 336 g/mol. The number of rotatable bonds is 3. The summed E-state index contributed by atoms with van der Waals surface area (Å²) in [4.78, 5) is 24.9. The number of amides is 2. The Bertz CT molecular complexity index is 481. The third kappa shape index (κ3) is 8.93. The number of nitrogens with one attached hydrogen (secondary N) is 2. The van der Waals surface area contributed by atoms with Gasteiger partial charge in [0.05, 0.1) is 13.2 Å². The molecule has 1 rings (SSSR count). The topological polar surface area (TPSA) is 117 Å². The molecule has 1 fully saturated rings. The van der Waals surface area contributed by atoms with Crippen molar-refractivity contribution >= 4 is 11.8 Å². The van der Waals surface area contributed by atoms with Gasteiger partial charge in [0.25, 0.3) is 0 Å². The quantitative estimate of drug-likeness (QED) is 0.560. The number of nitrogens with zero attached hydrogens (tertiary/aromatic N) is 1. The maximum absolute atomic E-state index is 11.9. The van der Waals surface area contributed by atoms with Crippen LogP contribution in [0.3, 0.4) is 0 Å². The van der Waals surface area contributed by atoms with E-state index in [2.05, 4.69) is 10.6 Å². The maximum atomic E-state index is 11.9. The minimum absolute atomic E-state index is 0.0376. The molecule has 1 aliphatic heterocycles. The van der Waals surface area contributed by atoms with Crippen molar-refractivity contribution in [2.24, 2.45) is 5.73 Å². The average molecular weight is 375 g/mol. The van der Waals surface area contributed by atoms with Crippen LogP contribution in [0.2, 0.25) is 0 Å². The van der Waals surface area contributed by atoms with E-state index in [9.17, 15) is 9.59 Å². The van der Waals surface area contributed by atoms with Gasteiger partial charge < -0.3 is 26.2 Å². The summed E-state index contributed by atoms with van der Waals surface area (Å²) < 4.78 is 5.57. The van der Waals surface area contributed by atoms with Gasteiger partial charge in [0.1, 0.15) is 17.8 Å². The normalized spacial score (nSPS) is 21.4. The molecule has 0 aromatic carbocycles. The number of aliphatic hydroxyl groups is 1. The Labute approximate surface area is 157 Å². The third-order valence-corrected chi connectivity index (χ3v) is 3.74. The van der Waals surface area contributed by atoms with Crippen LogP contribution in [0, 0.1) is 0 Å². The monoisotopic (exact) mass is 374 g/mol. The number of hydrogen-bond acceptors (Lipinski definition) is 6. The molecule has 5 N–H and O–H groups in total. The molecule has 0 aromatic rings. The minimum Gasteiger partial charge on any atom is -0.394 e. The Kier molecular flexibility index (Phi) is 8.69. The predicted octanol–water partition coefficient (Wildman–Crippen LogP) is 0.189. The van der Waals surface area contributed by atoms with E-state index in [-0.39, 0.29) is 41.3 Å². The molecule has 26 heavy (non-hydrogen) atoms. The molecule has 0 aliphatic carbocycles. The summed E-state index contributed by atoms with van der Waals surface area (Å²) in [5.74, 6) is -0.282. The molecule has 0 unspecified atom stereocenters. The van der Waals surface area contributed by atoms with E-state index in [0.29, 0.717) is 6.61 Å². The van der Waals surface area contributed by atoms with Gasteiger partial charge in [-0.05, 0) is 62.4 Å². The van der Waals surface area contributed by atoms with E-state index in [1.165, 1.54) is 0 Å². The zero-order chi connectivity index (χ0) is 20.9. The van der Waals surface area contributed by atoms with Crippen LogP contribution in [0.5, 0.6) is 0 Å². The van der Waals surface area contributed by atoms with Gasteiger partial charge in [-0.15, -0.1) is 0 Å². The van der Waals surface area contributed by atoms with Crippen molar-refractivity contribution in [1.82, 2.24) is 15.5 Å². The van der Waals surface area contributed by atoms with Gasteiger partial charge in [0, 0.05) is 11.1 Å². The van der Waals surface area contributed by atoms with Gasteiger partial charge in [-0.1, -0.05) is 0 Å². The Morgan fingerprint density at radius 1 is 1.19 bits per heavy atom. The highest BCUT2D eigenvalue weighted by molar-refractivity contribution is 5.83. The molecule has 2 amide bonds. The Morgan fingerprint density at radius 2 is 1.65 bits per heavy atom. The summed E-state index contributed by atoms with van der Waals surface area (Å²) in [7, 11) is 1.92. The second-order valence-corrected chi connectivity index (χ2v) is 9.15. The zero-order valence-corrected chi connectivity index (χ0v) is 17.8. The lowest BCUT2D eigenvalue weighted by molar-refractivity contribution is -0.127. The molecule has 1 heterocycles. The first-order valence-corrected chi connectivity index (χ1v) is 8.87. The number of carbonyl (C=O) groups excluding carboxylic acids is 2. The largest absolute Gasteiger partial charge is 0.394 e. The number of hydrogen-bond donors (Lipinski definition) is 4. The molecule has 2 atom stereocenters. The van der Waals surface area contributed by atoms with E-state index in [0.717, 1.165) is 0 Å². The van der Waals surface area contributed by atoms with Crippen molar-refractivity contribution in [3.05, 3.63) is 0 Å². The number of aliphatic hydroxyl groups excluding tert-OH is 1. The first kappa shape index (κ1) is 24.8. The van der Waals surface area contributed by atoms with Crippen molar-refractivity contribution in [1.29, 1.82) is 0 Å². The van der Waals surface area contributed by atoms with Crippen molar-refractivity contribution in [2.45, 2.75) is 84.3 Å². The molecule has 0 radical (unpaired) electrons. The highest BCUT2D eigenvalue weighted by Crippen LogP contribution is 2.25. The molecule has 0 aromatic heterocycles. The molecule has 0 bridgehead atoms. The van der Waals surface area contributed by atoms with Crippen LogP contribution in [0.4, 0.5) is 0 Å². The zero-order valence-electron chi connectivity index (χ0n) is 17.8. The average Bonchev–Trinajstić information content (AvgIpc) is 2.69. The van der Waals surface area contributed by atoms with Crippen LogP contribution in [0.1, 0.15) is 55.4 Å². The molecule has 8 nitrogen and oxygen atoms in total. The van der Waals surface area contributed by atoms with Crippen molar-refractivity contribution < 1.29 is 19.4 Å². The van der Waals surface area contributed by atoms with Crippen LogP contribution in [-0.4, -0.2) is 71.0 Å². The third-order valence-electron chi connectivity index (χ3n) is 3.74. The van der Waals surface area contributed by atoms with Gasteiger partial charge >= 0.3 is 0 Å². The summed E-state index contributed by atoms with van der Waals surface area (Å²) in [5.41, 5.74) is 4.44. The van der Waals surface area contributed by atoms with Crippen LogP contribution in [0.25, 0.3) is 0 Å². The van der Waals surface area contributed by atoms with E-state index in [1.807, 2.05) is 67.3 Å². The van der Waals surface area contributed by atoms with Gasteiger partial charge in [-0.2, -0.15) is 0 Å². The summed E-state index contributed by atoms with van der Waals surface area (Å²) >= 11 is 0. The van der Waals surface area contributed by atoms with Gasteiger partial charge in [0.2, 0.25) is 11.8 Å². The second kappa shape index (κ2) is 9.12. The van der Waals surface area contributed by atoms with Crippen molar-refractivity contribution in [3.8, 4) is 0 Å². The Morgan fingerprint density at radius 3 is 1.96 bits per heavy atom. The van der Waals surface area contributed by atoms with Crippen LogP contribution in [0.15, 0.2) is 0 Å². The summed E-state index contributed by atoms with van der Waals surface area (Å²) in [6.07, 6.45) is 0. The smallest absolute Gasteiger partial charge is 0.240 e. The SMILES string of the molecule is CC(C)(C)NC(=O)[C@@H](N)CO.CN1[C@H](C(=O)NC(C)(C)C)COC1(C)C. The van der Waals surface area contributed by atoms with Crippen LogP contribution >= 0.6 is 0 Å². The predicted molar refractivity (Wildman–Crippen MR) is 102 cm³/mol. The minimum atomic E-state index is -0.811. The molecule has 0 spiro atoms. The maximum Gasteiger partial charge on any atom is 0.240 e. The molecule has 1 aliphatic rings. The Hall–Kier alpha value is -1.22. The first-order chi connectivity index (χ1) is 11.5. The molecule has 0 saturated carbocycles. The fourth-order valence-electron chi connectivity index (χ4n) is 2.12. The van der Waals surface area contributed by atoms with Crippen LogP contribution < -0.4 is 16.4 Å². The summed E-state index contributed by atoms with van der Waals surface area (Å²) in [6, 6.07) is -0.992. The number of nitrogens with two attached hydrogens (primary N) is 1. The molecule has 154 valence electrons. The van der Waals surface area contributed by atoms with Crippen molar-refractivity contribution in [2.75, 3.05) is 20.3 Å². The van der Waals surface area contributed by atoms with Crippen molar-refractivity contribution in [3.63, 3.8) is 0 Å². The van der Waals surface area contributed by atoms with E-state index < -0.39 is 6.04 Å². The van der Waals surface area contributed by atoms with Gasteiger partial charge in [-0.3, -0.25) is 14.5 Å². The molecular formula is C18H38N4O4. The lowest BCUT2D eigenvalue weighted by Gasteiger charge is -2.30. The molecule has 8 heteroatoms. The highest BCUT2D eigenvalue weighted by atomic mass is 16.5. The fraction of sp³-hybridized carbons (Fsp3) is 0.889. The molecule has 1 saturated heterocycles. The van der Waals surface area contributed by atoms with E-state index >= 15 is 0 Å². The lowest BCUT2D eigenvalue weighted by Crippen LogP contribution is -2.52.